The summed E-state index contributed by atoms with van der Waals surface area (Å²) in [5.41, 5.74) is 2.42. The summed E-state index contributed by atoms with van der Waals surface area (Å²) >= 11 is 0. The van der Waals surface area contributed by atoms with Crippen LogP contribution in [0.4, 0.5) is 17.1 Å². The van der Waals surface area contributed by atoms with Crippen molar-refractivity contribution in [3.8, 4) is 0 Å². The van der Waals surface area contributed by atoms with E-state index in [1.54, 1.807) is 19.4 Å². The predicted octanol–water partition coefficient (Wildman–Crippen LogP) is 3.16. The zero-order chi connectivity index (χ0) is 21.3. The van der Waals surface area contributed by atoms with Crippen LogP contribution in [-0.2, 0) is 13.1 Å². The van der Waals surface area contributed by atoms with Gasteiger partial charge in [0.1, 0.15) is 5.69 Å². The Morgan fingerprint density at radius 1 is 1.23 bits per heavy atom. The van der Waals surface area contributed by atoms with Crippen molar-refractivity contribution in [3.05, 3.63) is 46.0 Å². The molecule has 9 heteroatoms. The maximum Gasteiger partial charge on any atom is 0.293 e. The molecular weight excluding hydrogens is 384 g/mol. The van der Waals surface area contributed by atoms with Gasteiger partial charge in [-0.2, -0.15) is 0 Å². The molecule has 0 radical (unpaired) electrons. The van der Waals surface area contributed by atoms with E-state index in [1.807, 2.05) is 6.20 Å². The summed E-state index contributed by atoms with van der Waals surface area (Å²) in [6.45, 7) is 4.29. The van der Waals surface area contributed by atoms with E-state index in [0.717, 1.165) is 37.9 Å². The highest BCUT2D eigenvalue weighted by molar-refractivity contribution is 6.02. The Bertz CT molecular complexity index is 948. The molecule has 2 heterocycles. The van der Waals surface area contributed by atoms with Crippen LogP contribution in [0.3, 0.4) is 0 Å². The van der Waals surface area contributed by atoms with Crippen LogP contribution in [0.2, 0.25) is 0 Å². The monoisotopic (exact) mass is 412 g/mol. The van der Waals surface area contributed by atoms with Gasteiger partial charge in [0, 0.05) is 38.4 Å². The van der Waals surface area contributed by atoms with Crippen LogP contribution in [-0.4, -0.2) is 40.0 Å². The first-order valence-corrected chi connectivity index (χ1v) is 10.5. The van der Waals surface area contributed by atoms with Crippen LogP contribution < -0.4 is 15.5 Å². The third-order valence-corrected chi connectivity index (χ3v) is 6.28. The van der Waals surface area contributed by atoms with Crippen molar-refractivity contribution in [2.75, 3.05) is 23.8 Å². The standard InChI is InChI=1S/C21H28N6O3/c1-14-3-5-15(6-4-14)24-21(28)17-9-20(27(29)30)18(22-2)10-19(17)25-7-8-26-13-23-11-16(26)12-25/h9-11,13-15,22H,3-8,12H2,1-2H3,(H,24,28)/t14-,15-. The highest BCUT2D eigenvalue weighted by Gasteiger charge is 2.28. The number of imidazole rings is 1. The number of anilines is 2. The summed E-state index contributed by atoms with van der Waals surface area (Å²) in [5, 5.41) is 17.6. The SMILES string of the molecule is CNc1cc(N2CCn3cncc3C2)c(C(=O)N[C@H]2CC[C@H](C)CC2)cc1[N+](=O)[O-]. The Hall–Kier alpha value is -3.10. The fourth-order valence-electron chi connectivity index (χ4n) is 4.43. The Morgan fingerprint density at radius 3 is 2.70 bits per heavy atom. The molecule has 1 aromatic carbocycles. The third kappa shape index (κ3) is 3.96. The van der Waals surface area contributed by atoms with Gasteiger partial charge in [-0.25, -0.2) is 4.98 Å². The van der Waals surface area contributed by atoms with Gasteiger partial charge in [-0.15, -0.1) is 0 Å². The molecule has 0 atom stereocenters. The second-order valence-electron chi connectivity index (χ2n) is 8.32. The van der Waals surface area contributed by atoms with Crippen LogP contribution >= 0.6 is 0 Å². The highest BCUT2D eigenvalue weighted by Crippen LogP contribution is 2.35. The summed E-state index contributed by atoms with van der Waals surface area (Å²) in [7, 11) is 1.65. The van der Waals surface area contributed by atoms with E-state index in [2.05, 4.69) is 32.0 Å². The maximum absolute atomic E-state index is 13.2. The number of aromatic nitrogens is 2. The first-order chi connectivity index (χ1) is 14.5. The lowest BCUT2D eigenvalue weighted by molar-refractivity contribution is -0.383. The molecule has 2 aromatic rings. The second-order valence-corrected chi connectivity index (χ2v) is 8.32. The number of nitro groups is 1. The van der Waals surface area contributed by atoms with Crippen molar-refractivity contribution >= 4 is 23.0 Å². The number of carbonyl (C=O) groups is 1. The number of nitrogens with one attached hydrogen (secondary N) is 2. The first-order valence-electron chi connectivity index (χ1n) is 10.5. The summed E-state index contributed by atoms with van der Waals surface area (Å²) in [4.78, 5) is 30.7. The van der Waals surface area contributed by atoms with E-state index in [0.29, 0.717) is 35.9 Å². The van der Waals surface area contributed by atoms with Crippen molar-refractivity contribution in [2.45, 2.75) is 51.7 Å². The molecule has 1 amide bonds. The molecule has 0 saturated heterocycles. The minimum atomic E-state index is -0.444. The van der Waals surface area contributed by atoms with Crippen LogP contribution in [0.25, 0.3) is 0 Å². The Kier molecular flexibility index (Phi) is 5.61. The topological polar surface area (TPSA) is 105 Å². The molecule has 1 fully saturated rings. The van der Waals surface area contributed by atoms with Crippen molar-refractivity contribution in [1.29, 1.82) is 0 Å². The highest BCUT2D eigenvalue weighted by atomic mass is 16.6. The van der Waals surface area contributed by atoms with Crippen LogP contribution in [0, 0.1) is 16.0 Å². The normalized spacial score (nSPS) is 21.1. The molecule has 9 nitrogen and oxygen atoms in total. The minimum absolute atomic E-state index is 0.0919. The van der Waals surface area contributed by atoms with E-state index in [4.69, 9.17) is 0 Å². The molecule has 1 aliphatic carbocycles. The van der Waals surface area contributed by atoms with E-state index in [1.165, 1.54) is 6.07 Å². The van der Waals surface area contributed by atoms with Gasteiger partial charge in [-0.1, -0.05) is 6.92 Å². The van der Waals surface area contributed by atoms with Gasteiger partial charge < -0.3 is 20.1 Å². The molecular formula is C21H28N6O3. The number of nitrogens with zero attached hydrogens (tertiary/aromatic N) is 4. The van der Waals surface area contributed by atoms with Gasteiger partial charge in [0.05, 0.1) is 34.7 Å². The second kappa shape index (κ2) is 8.33. The molecule has 30 heavy (non-hydrogen) atoms. The van der Waals surface area contributed by atoms with E-state index in [9.17, 15) is 14.9 Å². The average Bonchev–Trinajstić information content (AvgIpc) is 3.22. The lowest BCUT2D eigenvalue weighted by atomic mass is 9.87. The van der Waals surface area contributed by atoms with Crippen molar-refractivity contribution in [3.63, 3.8) is 0 Å². The van der Waals surface area contributed by atoms with Gasteiger partial charge in [0.15, 0.2) is 0 Å². The van der Waals surface area contributed by atoms with Crippen molar-refractivity contribution in [2.24, 2.45) is 5.92 Å². The molecule has 0 unspecified atom stereocenters. The van der Waals surface area contributed by atoms with E-state index >= 15 is 0 Å². The molecule has 1 aromatic heterocycles. The Morgan fingerprint density at radius 2 is 2.00 bits per heavy atom. The van der Waals surface area contributed by atoms with E-state index < -0.39 is 4.92 Å². The summed E-state index contributed by atoms with van der Waals surface area (Å²) in [6, 6.07) is 3.25. The summed E-state index contributed by atoms with van der Waals surface area (Å²) in [5.74, 6) is 0.442. The van der Waals surface area contributed by atoms with Gasteiger partial charge in [-0.05, 0) is 37.7 Å². The zero-order valence-electron chi connectivity index (χ0n) is 17.4. The Balaban J connectivity index is 1.67. The number of fused-ring (bicyclic) bond motifs is 1. The minimum Gasteiger partial charge on any atom is -0.383 e. The number of amides is 1. The zero-order valence-corrected chi connectivity index (χ0v) is 17.4. The quantitative estimate of drug-likeness (QED) is 0.577. The van der Waals surface area contributed by atoms with Gasteiger partial charge in [-0.3, -0.25) is 14.9 Å². The summed E-state index contributed by atoms with van der Waals surface area (Å²) < 4.78 is 2.09. The van der Waals surface area contributed by atoms with Crippen LogP contribution in [0.15, 0.2) is 24.7 Å². The van der Waals surface area contributed by atoms with Crippen molar-refractivity contribution < 1.29 is 9.72 Å². The van der Waals surface area contributed by atoms with Gasteiger partial charge in [0.25, 0.3) is 11.6 Å². The molecule has 1 saturated carbocycles. The number of nitro benzene ring substituents is 1. The number of rotatable bonds is 5. The van der Waals surface area contributed by atoms with Crippen LogP contribution in [0.5, 0.6) is 0 Å². The molecule has 2 aliphatic rings. The fourth-order valence-corrected chi connectivity index (χ4v) is 4.43. The molecule has 0 spiro atoms. The van der Waals surface area contributed by atoms with Crippen molar-refractivity contribution in [1.82, 2.24) is 14.9 Å². The molecule has 4 rings (SSSR count). The predicted molar refractivity (Wildman–Crippen MR) is 115 cm³/mol. The molecule has 160 valence electrons. The molecule has 0 bridgehead atoms. The van der Waals surface area contributed by atoms with Gasteiger partial charge >= 0.3 is 0 Å². The largest absolute Gasteiger partial charge is 0.383 e. The maximum atomic E-state index is 13.2. The molecule has 1 aliphatic heterocycles. The Labute approximate surface area is 175 Å². The number of benzene rings is 1. The van der Waals surface area contributed by atoms with Gasteiger partial charge in [0.2, 0.25) is 0 Å². The number of carbonyl (C=O) groups excluding carboxylic acids is 1. The summed E-state index contributed by atoms with van der Waals surface area (Å²) in [6.07, 6.45) is 7.70. The van der Waals surface area contributed by atoms with E-state index in [-0.39, 0.29) is 17.6 Å². The molecule has 2 N–H and O–H groups in total. The third-order valence-electron chi connectivity index (χ3n) is 6.28. The first kappa shape index (κ1) is 20.2. The lowest BCUT2D eigenvalue weighted by Gasteiger charge is -2.32. The number of hydrogen-bond donors (Lipinski definition) is 2. The van der Waals surface area contributed by atoms with Crippen LogP contribution in [0.1, 0.15) is 48.7 Å². The number of hydrogen-bond acceptors (Lipinski definition) is 6. The lowest BCUT2D eigenvalue weighted by Crippen LogP contribution is -2.39. The average molecular weight is 412 g/mol. The smallest absolute Gasteiger partial charge is 0.293 e. The fraction of sp³-hybridized carbons (Fsp3) is 0.524.